The van der Waals surface area contributed by atoms with E-state index in [0.29, 0.717) is 18.5 Å². The summed E-state index contributed by atoms with van der Waals surface area (Å²) < 4.78 is 0. The van der Waals surface area contributed by atoms with Crippen molar-refractivity contribution in [2.75, 3.05) is 6.54 Å². The van der Waals surface area contributed by atoms with Crippen LogP contribution in [0.25, 0.3) is 0 Å². The number of hydrogen-bond acceptors (Lipinski definition) is 4. The molecule has 112 valence electrons. The predicted octanol–water partition coefficient (Wildman–Crippen LogP) is 1.30. The fraction of sp³-hybridized carbons (Fsp3) is 0.600. The average molecular weight is 279 g/mol. The Balaban J connectivity index is 2.62. The summed E-state index contributed by atoms with van der Waals surface area (Å²) in [4.78, 5) is 25.6. The molecule has 0 radical (unpaired) electrons. The van der Waals surface area contributed by atoms with E-state index in [4.69, 9.17) is 11.5 Å². The van der Waals surface area contributed by atoms with E-state index in [-0.39, 0.29) is 17.6 Å². The minimum atomic E-state index is -0.670. The number of hydrogen-bond donors (Lipinski definition) is 2. The van der Waals surface area contributed by atoms with Gasteiger partial charge in [-0.1, -0.05) is 26.3 Å². The molecular formula is C15H25N3O2. The molecule has 1 amide bonds. The van der Waals surface area contributed by atoms with E-state index in [2.05, 4.69) is 0 Å². The summed E-state index contributed by atoms with van der Waals surface area (Å²) in [6.45, 7) is 4.28. The molecule has 5 heteroatoms. The molecule has 0 saturated heterocycles. The van der Waals surface area contributed by atoms with E-state index in [1.165, 1.54) is 4.90 Å². The van der Waals surface area contributed by atoms with Gasteiger partial charge in [-0.3, -0.25) is 14.5 Å². The van der Waals surface area contributed by atoms with E-state index in [0.717, 1.165) is 19.3 Å². The molecule has 0 spiro atoms. The first-order valence-corrected chi connectivity index (χ1v) is 7.18. The zero-order valence-electron chi connectivity index (χ0n) is 12.3. The molecule has 1 heterocycles. The average Bonchev–Trinajstić information content (AvgIpc) is 2.42. The van der Waals surface area contributed by atoms with Crippen LogP contribution < -0.4 is 11.5 Å². The van der Waals surface area contributed by atoms with Crippen LogP contribution in [0.4, 0.5) is 0 Å². The highest BCUT2D eigenvalue weighted by atomic mass is 16.2. The molecule has 1 atom stereocenters. The first-order chi connectivity index (χ1) is 9.49. The summed E-state index contributed by atoms with van der Waals surface area (Å²) >= 11 is 0. The molecular weight excluding hydrogens is 254 g/mol. The van der Waals surface area contributed by atoms with E-state index >= 15 is 0 Å². The summed E-state index contributed by atoms with van der Waals surface area (Å²) in [5, 5.41) is 0. The highest BCUT2D eigenvalue weighted by Crippen LogP contribution is 2.18. The molecule has 0 fully saturated rings. The summed E-state index contributed by atoms with van der Waals surface area (Å²) in [5.74, 6) is -0.208. The Labute approximate surface area is 120 Å². The first kappa shape index (κ1) is 16.6. The van der Waals surface area contributed by atoms with Gasteiger partial charge in [0.25, 0.3) is 0 Å². The van der Waals surface area contributed by atoms with Gasteiger partial charge in [-0.15, -0.1) is 0 Å². The van der Waals surface area contributed by atoms with Crippen LogP contribution in [-0.4, -0.2) is 29.3 Å². The second kappa shape index (κ2) is 7.97. The van der Waals surface area contributed by atoms with Gasteiger partial charge >= 0.3 is 0 Å². The molecule has 0 saturated carbocycles. The number of rotatable bonds is 7. The predicted molar refractivity (Wildman–Crippen MR) is 79.4 cm³/mol. The third-order valence-electron chi connectivity index (χ3n) is 3.32. The molecule has 20 heavy (non-hydrogen) atoms. The third-order valence-corrected chi connectivity index (χ3v) is 3.32. The molecule has 5 nitrogen and oxygen atoms in total. The van der Waals surface area contributed by atoms with Crippen LogP contribution >= 0.6 is 0 Å². The van der Waals surface area contributed by atoms with Gasteiger partial charge < -0.3 is 11.5 Å². The maximum absolute atomic E-state index is 12.2. The lowest BCUT2D eigenvalue weighted by Crippen LogP contribution is -2.48. The highest BCUT2D eigenvalue weighted by molar-refractivity contribution is 5.98. The van der Waals surface area contributed by atoms with Crippen molar-refractivity contribution in [1.82, 2.24) is 4.90 Å². The lowest BCUT2D eigenvalue weighted by atomic mass is 9.99. The Morgan fingerprint density at radius 2 is 2.00 bits per heavy atom. The molecule has 0 aromatic rings. The summed E-state index contributed by atoms with van der Waals surface area (Å²) in [6.07, 6.45) is 7.51. The van der Waals surface area contributed by atoms with Crippen molar-refractivity contribution in [3.05, 3.63) is 23.9 Å². The molecule has 4 N–H and O–H groups in total. The standard InChI is InChI=1S/C15H25N3O2/c1-11(2)15(20)18-10-6-7-12(14(18)17)13(19)8-4-3-5-9-16/h6-7,10-11,14H,3-5,8-9,16-17H2,1-2H3. The number of amides is 1. The van der Waals surface area contributed by atoms with Gasteiger partial charge in [-0.2, -0.15) is 0 Å². The van der Waals surface area contributed by atoms with Crippen LogP contribution in [0.5, 0.6) is 0 Å². The zero-order valence-corrected chi connectivity index (χ0v) is 12.3. The molecule has 0 aliphatic carbocycles. The Morgan fingerprint density at radius 1 is 1.30 bits per heavy atom. The monoisotopic (exact) mass is 279 g/mol. The minimum absolute atomic E-state index is 0.0143. The van der Waals surface area contributed by atoms with Crippen LogP contribution in [0.15, 0.2) is 23.9 Å². The van der Waals surface area contributed by atoms with Gasteiger partial charge in [0.05, 0.1) is 0 Å². The fourth-order valence-corrected chi connectivity index (χ4v) is 2.10. The largest absolute Gasteiger partial charge is 0.330 e. The minimum Gasteiger partial charge on any atom is -0.330 e. The smallest absolute Gasteiger partial charge is 0.230 e. The van der Waals surface area contributed by atoms with Crippen molar-refractivity contribution < 1.29 is 9.59 Å². The Bertz CT molecular complexity index is 413. The Hall–Kier alpha value is -1.46. The van der Waals surface area contributed by atoms with Gasteiger partial charge in [0.1, 0.15) is 6.17 Å². The van der Waals surface area contributed by atoms with Gasteiger partial charge in [0.2, 0.25) is 5.91 Å². The Morgan fingerprint density at radius 3 is 2.60 bits per heavy atom. The van der Waals surface area contributed by atoms with Crippen LogP contribution in [-0.2, 0) is 9.59 Å². The molecule has 0 aromatic heterocycles. The van der Waals surface area contributed by atoms with Crippen molar-refractivity contribution in [2.24, 2.45) is 17.4 Å². The SMILES string of the molecule is CC(C)C(=O)N1C=CC=C(C(=O)CCCCCN)C1N. The lowest BCUT2D eigenvalue weighted by molar-refractivity contribution is -0.133. The van der Waals surface area contributed by atoms with E-state index in [9.17, 15) is 9.59 Å². The van der Waals surface area contributed by atoms with Crippen molar-refractivity contribution in [3.8, 4) is 0 Å². The summed E-state index contributed by atoms with van der Waals surface area (Å²) in [6, 6.07) is 0. The molecule has 1 unspecified atom stereocenters. The maximum atomic E-state index is 12.2. The van der Waals surface area contributed by atoms with Gasteiger partial charge in [-0.25, -0.2) is 0 Å². The number of carbonyl (C=O) groups excluding carboxylic acids is 2. The van der Waals surface area contributed by atoms with E-state index in [1.54, 1.807) is 18.4 Å². The Kier molecular flexibility index (Phi) is 6.61. The van der Waals surface area contributed by atoms with Gasteiger partial charge in [-0.05, 0) is 25.5 Å². The molecule has 0 bridgehead atoms. The number of nitrogens with two attached hydrogens (primary N) is 2. The molecule has 1 aliphatic rings. The third kappa shape index (κ3) is 4.28. The van der Waals surface area contributed by atoms with Crippen molar-refractivity contribution in [1.29, 1.82) is 0 Å². The van der Waals surface area contributed by atoms with Crippen LogP contribution in [0, 0.1) is 5.92 Å². The second-order valence-electron chi connectivity index (χ2n) is 5.33. The number of unbranched alkanes of at least 4 members (excludes halogenated alkanes) is 2. The topological polar surface area (TPSA) is 89.4 Å². The number of allylic oxidation sites excluding steroid dienone is 2. The first-order valence-electron chi connectivity index (χ1n) is 7.18. The number of nitrogens with zero attached hydrogens (tertiary/aromatic N) is 1. The van der Waals surface area contributed by atoms with Crippen LogP contribution in [0.1, 0.15) is 39.5 Å². The molecule has 1 aliphatic heterocycles. The van der Waals surface area contributed by atoms with Crippen molar-refractivity contribution >= 4 is 11.7 Å². The van der Waals surface area contributed by atoms with Gasteiger partial charge in [0.15, 0.2) is 5.78 Å². The van der Waals surface area contributed by atoms with Crippen LogP contribution in [0.3, 0.4) is 0 Å². The summed E-state index contributed by atoms with van der Waals surface area (Å²) in [5.41, 5.74) is 12.0. The molecule has 0 aromatic carbocycles. The number of ketones is 1. The highest BCUT2D eigenvalue weighted by Gasteiger charge is 2.28. The van der Waals surface area contributed by atoms with Gasteiger partial charge in [0, 0.05) is 24.1 Å². The fourth-order valence-electron chi connectivity index (χ4n) is 2.10. The van der Waals surface area contributed by atoms with E-state index in [1.807, 2.05) is 13.8 Å². The normalized spacial score (nSPS) is 18.4. The zero-order chi connectivity index (χ0) is 15.1. The maximum Gasteiger partial charge on any atom is 0.230 e. The van der Waals surface area contributed by atoms with Crippen molar-refractivity contribution in [3.63, 3.8) is 0 Å². The van der Waals surface area contributed by atoms with Crippen LogP contribution in [0.2, 0.25) is 0 Å². The summed E-state index contributed by atoms with van der Waals surface area (Å²) in [7, 11) is 0. The van der Waals surface area contributed by atoms with E-state index < -0.39 is 6.17 Å². The molecule has 1 rings (SSSR count). The number of carbonyl (C=O) groups is 2. The lowest BCUT2D eigenvalue weighted by Gasteiger charge is -2.30. The number of Topliss-reactive ketones (excluding diaryl/α,β-unsaturated/α-hetero) is 1. The quantitative estimate of drug-likeness (QED) is 0.687. The second-order valence-corrected chi connectivity index (χ2v) is 5.33. The van der Waals surface area contributed by atoms with Crippen molar-refractivity contribution in [2.45, 2.75) is 45.7 Å².